The van der Waals surface area contributed by atoms with Crippen LogP contribution in [0.3, 0.4) is 0 Å². The van der Waals surface area contributed by atoms with Crippen molar-refractivity contribution in [3.05, 3.63) is 83.2 Å². The monoisotopic (exact) mass is 485 g/mol. The van der Waals surface area contributed by atoms with Crippen LogP contribution < -0.4 is 25.0 Å². The molecular weight excluding hydrogens is 467 g/mol. The number of fused-ring (bicyclic) bond motifs is 1. The van der Waals surface area contributed by atoms with E-state index in [1.165, 1.54) is 30.5 Å². The first-order valence-electron chi connectivity index (χ1n) is 10.2. The average Bonchev–Trinajstić information content (AvgIpc) is 2.83. The van der Waals surface area contributed by atoms with E-state index in [-0.39, 0.29) is 23.3 Å². The first-order chi connectivity index (χ1) is 16.7. The zero-order valence-corrected chi connectivity index (χ0v) is 18.2. The van der Waals surface area contributed by atoms with Crippen molar-refractivity contribution in [2.45, 2.75) is 6.36 Å². The van der Waals surface area contributed by atoms with E-state index in [1.54, 1.807) is 37.4 Å². The minimum atomic E-state index is -4.80. The lowest BCUT2D eigenvalue weighted by Gasteiger charge is -2.10. The van der Waals surface area contributed by atoms with Gasteiger partial charge in [0.2, 0.25) is 0 Å². The molecule has 10 heteroatoms. The molecule has 180 valence electrons. The Bertz CT molecular complexity index is 1400. The van der Waals surface area contributed by atoms with Gasteiger partial charge >= 0.3 is 6.36 Å². The molecule has 0 radical (unpaired) electrons. The van der Waals surface area contributed by atoms with E-state index in [4.69, 9.17) is 13.9 Å². The fourth-order valence-corrected chi connectivity index (χ4v) is 3.25. The number of halogens is 3. The van der Waals surface area contributed by atoms with Crippen LogP contribution in [0, 0.1) is 0 Å². The van der Waals surface area contributed by atoms with Crippen LogP contribution in [0.15, 0.2) is 82.2 Å². The molecule has 0 aliphatic rings. The van der Waals surface area contributed by atoms with Gasteiger partial charge in [-0.15, -0.1) is 13.2 Å². The summed E-state index contributed by atoms with van der Waals surface area (Å²) in [6.45, 7) is -0.375. The van der Waals surface area contributed by atoms with E-state index in [0.717, 1.165) is 12.1 Å². The number of amides is 1. The molecule has 1 amide bonds. The van der Waals surface area contributed by atoms with Gasteiger partial charge < -0.3 is 23.9 Å². The number of rotatable bonds is 7. The number of hydrogen-bond acceptors (Lipinski definition) is 6. The van der Waals surface area contributed by atoms with Crippen LogP contribution in [0.25, 0.3) is 22.1 Å². The van der Waals surface area contributed by atoms with Crippen molar-refractivity contribution in [2.75, 3.05) is 19.0 Å². The van der Waals surface area contributed by atoms with Crippen molar-refractivity contribution in [1.82, 2.24) is 0 Å². The van der Waals surface area contributed by atoms with Gasteiger partial charge in [0.25, 0.3) is 5.91 Å². The molecule has 1 heterocycles. The van der Waals surface area contributed by atoms with Gasteiger partial charge in [-0.25, -0.2) is 0 Å². The number of benzene rings is 3. The van der Waals surface area contributed by atoms with Crippen LogP contribution in [-0.4, -0.2) is 26.0 Å². The Morgan fingerprint density at radius 1 is 0.943 bits per heavy atom. The molecule has 1 aromatic heterocycles. The Labute approximate surface area is 196 Å². The first-order valence-corrected chi connectivity index (χ1v) is 10.2. The average molecular weight is 485 g/mol. The molecule has 3 aromatic carbocycles. The summed E-state index contributed by atoms with van der Waals surface area (Å²) < 4.78 is 56.6. The first kappa shape index (κ1) is 23.7. The predicted molar refractivity (Wildman–Crippen MR) is 122 cm³/mol. The Hall–Kier alpha value is -4.47. The standard InChI is InChI=1S/C25H18F3NO6/c1-32-17-6-2-15(3-7-17)21-13-34-22-12-19(10-11-20(22)24(21)31)33-14-23(30)29-16-4-8-18(9-5-16)35-25(26,27)28/h2-13H,14H2,1H3,(H,29,30). The number of nitrogens with one attached hydrogen (secondary N) is 1. The summed E-state index contributed by atoms with van der Waals surface area (Å²) in [6.07, 6.45) is -3.44. The summed E-state index contributed by atoms with van der Waals surface area (Å²) in [4.78, 5) is 25.0. The van der Waals surface area contributed by atoms with Gasteiger partial charge in [-0.3, -0.25) is 9.59 Å². The Morgan fingerprint density at radius 3 is 2.26 bits per heavy atom. The fourth-order valence-electron chi connectivity index (χ4n) is 3.25. The topological polar surface area (TPSA) is 87.0 Å². The van der Waals surface area contributed by atoms with E-state index < -0.39 is 18.0 Å². The van der Waals surface area contributed by atoms with Crippen molar-refractivity contribution in [1.29, 1.82) is 0 Å². The van der Waals surface area contributed by atoms with E-state index >= 15 is 0 Å². The number of carbonyl (C=O) groups excluding carboxylic acids is 1. The van der Waals surface area contributed by atoms with Gasteiger partial charge in [-0.1, -0.05) is 12.1 Å². The lowest BCUT2D eigenvalue weighted by molar-refractivity contribution is -0.274. The Balaban J connectivity index is 1.40. The molecule has 7 nitrogen and oxygen atoms in total. The molecule has 35 heavy (non-hydrogen) atoms. The van der Waals surface area contributed by atoms with Crippen molar-refractivity contribution >= 4 is 22.6 Å². The minimum absolute atomic E-state index is 0.223. The third-order valence-electron chi connectivity index (χ3n) is 4.89. The zero-order chi connectivity index (χ0) is 25.0. The minimum Gasteiger partial charge on any atom is -0.497 e. The van der Waals surface area contributed by atoms with Gasteiger partial charge in [0.1, 0.15) is 29.1 Å². The van der Waals surface area contributed by atoms with E-state index in [2.05, 4.69) is 10.1 Å². The second kappa shape index (κ2) is 9.80. The summed E-state index contributed by atoms with van der Waals surface area (Å²) in [7, 11) is 1.55. The zero-order valence-electron chi connectivity index (χ0n) is 18.2. The van der Waals surface area contributed by atoms with E-state index in [0.29, 0.717) is 28.0 Å². The van der Waals surface area contributed by atoms with Crippen molar-refractivity contribution in [2.24, 2.45) is 0 Å². The van der Waals surface area contributed by atoms with Gasteiger partial charge in [0.05, 0.1) is 18.1 Å². The number of carbonyl (C=O) groups is 1. The van der Waals surface area contributed by atoms with E-state index in [1.807, 2.05) is 0 Å². The second-order valence-corrected chi connectivity index (χ2v) is 7.27. The Morgan fingerprint density at radius 2 is 1.60 bits per heavy atom. The predicted octanol–water partition coefficient (Wildman–Crippen LogP) is 5.38. The highest BCUT2D eigenvalue weighted by Crippen LogP contribution is 2.26. The number of methoxy groups -OCH3 is 1. The quantitative estimate of drug-likeness (QED) is 0.378. The highest BCUT2D eigenvalue weighted by atomic mass is 19.4. The molecule has 0 fully saturated rings. The number of hydrogen-bond donors (Lipinski definition) is 1. The van der Waals surface area contributed by atoms with E-state index in [9.17, 15) is 22.8 Å². The normalized spacial score (nSPS) is 11.2. The molecule has 0 aliphatic carbocycles. The van der Waals surface area contributed by atoms with Gasteiger partial charge in [0, 0.05) is 11.8 Å². The van der Waals surface area contributed by atoms with Gasteiger partial charge in [-0.2, -0.15) is 0 Å². The van der Waals surface area contributed by atoms with Crippen LogP contribution in [0.5, 0.6) is 17.2 Å². The summed E-state index contributed by atoms with van der Waals surface area (Å²) in [5.74, 6) is 0.0182. The highest BCUT2D eigenvalue weighted by molar-refractivity contribution is 5.92. The molecule has 4 aromatic rings. The maximum absolute atomic E-state index is 12.9. The maximum Gasteiger partial charge on any atom is 0.573 e. The van der Waals surface area contributed by atoms with Crippen LogP contribution in [-0.2, 0) is 4.79 Å². The molecule has 0 atom stereocenters. The SMILES string of the molecule is COc1ccc(-c2coc3cc(OCC(=O)Nc4ccc(OC(F)(F)F)cc4)ccc3c2=O)cc1. The van der Waals surface area contributed by atoms with Crippen LogP contribution in [0.4, 0.5) is 18.9 Å². The Kier molecular flexibility index (Phi) is 6.63. The smallest absolute Gasteiger partial charge is 0.497 e. The lowest BCUT2D eigenvalue weighted by atomic mass is 10.1. The summed E-state index contributed by atoms with van der Waals surface area (Å²) >= 11 is 0. The summed E-state index contributed by atoms with van der Waals surface area (Å²) in [5.41, 5.74) is 1.39. The van der Waals surface area contributed by atoms with Crippen molar-refractivity contribution in [3.8, 4) is 28.4 Å². The third-order valence-corrected chi connectivity index (χ3v) is 4.89. The number of alkyl halides is 3. The van der Waals surface area contributed by atoms with Gasteiger partial charge in [0.15, 0.2) is 12.0 Å². The fraction of sp³-hybridized carbons (Fsp3) is 0.120. The number of anilines is 1. The molecule has 4 rings (SSSR count). The molecule has 0 bridgehead atoms. The van der Waals surface area contributed by atoms with Crippen LogP contribution >= 0.6 is 0 Å². The summed E-state index contributed by atoms with van der Waals surface area (Å²) in [5, 5.41) is 2.84. The molecular formula is C25H18F3NO6. The van der Waals surface area contributed by atoms with Gasteiger partial charge in [-0.05, 0) is 54.1 Å². The second-order valence-electron chi connectivity index (χ2n) is 7.27. The number of ether oxygens (including phenoxy) is 3. The lowest BCUT2D eigenvalue weighted by Crippen LogP contribution is -2.20. The van der Waals surface area contributed by atoms with Crippen molar-refractivity contribution in [3.63, 3.8) is 0 Å². The van der Waals surface area contributed by atoms with Crippen LogP contribution in [0.2, 0.25) is 0 Å². The summed E-state index contributed by atoms with van der Waals surface area (Å²) in [6, 6.07) is 16.3. The highest BCUT2D eigenvalue weighted by Gasteiger charge is 2.31. The van der Waals surface area contributed by atoms with Crippen molar-refractivity contribution < 1.29 is 36.6 Å². The maximum atomic E-state index is 12.9. The molecule has 1 N–H and O–H groups in total. The third kappa shape index (κ3) is 5.91. The molecule has 0 saturated carbocycles. The molecule has 0 spiro atoms. The molecule has 0 unspecified atom stereocenters. The largest absolute Gasteiger partial charge is 0.573 e. The molecule has 0 saturated heterocycles. The van der Waals surface area contributed by atoms with Crippen LogP contribution in [0.1, 0.15) is 0 Å². The molecule has 0 aliphatic heterocycles.